The van der Waals surface area contributed by atoms with Crippen LogP contribution < -0.4 is 18.9 Å². The summed E-state index contributed by atoms with van der Waals surface area (Å²) in [7, 11) is 3.55. The van der Waals surface area contributed by atoms with Gasteiger partial charge in [-0.3, -0.25) is 24.3 Å². The van der Waals surface area contributed by atoms with Gasteiger partial charge in [0.25, 0.3) is 11.8 Å². The summed E-state index contributed by atoms with van der Waals surface area (Å²) < 4.78 is 24.2. The number of methoxy groups -OCH3 is 1. The number of likely N-dealkylation sites (N-methyl/N-ethyl adjacent to an activating group) is 1. The molecule has 1 saturated heterocycles. The number of hydrogen-bond donors (Lipinski definition) is 1. The quantitative estimate of drug-likeness (QED) is 0.304. The molecule has 11 nitrogen and oxygen atoms in total. The monoisotopic (exact) mass is 648 g/mol. The first-order valence-corrected chi connectivity index (χ1v) is 16.1. The fraction of sp³-hybridized carbons (Fsp3) is 0.378. The number of nitriles is 1. The van der Waals surface area contributed by atoms with Crippen LogP contribution in [-0.4, -0.2) is 83.8 Å². The maximum absolute atomic E-state index is 13.8. The fourth-order valence-electron chi connectivity index (χ4n) is 8.92. The van der Waals surface area contributed by atoms with Gasteiger partial charge in [0.1, 0.15) is 18.4 Å². The van der Waals surface area contributed by atoms with E-state index in [1.807, 2.05) is 20.9 Å². The number of amides is 2. The third-order valence-corrected chi connectivity index (χ3v) is 10.8. The van der Waals surface area contributed by atoms with E-state index in [1.54, 1.807) is 37.5 Å². The molecular weight excluding hydrogens is 612 g/mol. The average Bonchev–Trinajstić information content (AvgIpc) is 3.65. The Hall–Kier alpha value is -5.05. The number of piperazine rings is 1. The molecule has 11 heteroatoms. The lowest BCUT2D eigenvalue weighted by molar-refractivity contribution is -0.0758. The number of aryl methyl sites for hydroxylation is 1. The highest BCUT2D eigenvalue weighted by Crippen LogP contribution is 2.58. The van der Waals surface area contributed by atoms with Crippen molar-refractivity contribution in [3.8, 4) is 34.8 Å². The molecule has 1 N–H and O–H groups in total. The molecule has 3 aromatic carbocycles. The van der Waals surface area contributed by atoms with E-state index < -0.39 is 12.1 Å². The minimum atomic E-state index is -0.650. The van der Waals surface area contributed by atoms with Crippen molar-refractivity contribution < 1.29 is 33.6 Å². The van der Waals surface area contributed by atoms with E-state index in [9.17, 15) is 20.0 Å². The highest BCUT2D eigenvalue weighted by molar-refractivity contribution is 6.21. The number of aromatic hydroxyl groups is 1. The van der Waals surface area contributed by atoms with E-state index in [1.165, 1.54) is 4.90 Å². The molecule has 5 heterocycles. The van der Waals surface area contributed by atoms with Crippen LogP contribution in [-0.2, 0) is 12.8 Å². The topological polar surface area (TPSA) is 125 Å². The van der Waals surface area contributed by atoms with E-state index in [0.29, 0.717) is 47.0 Å². The van der Waals surface area contributed by atoms with Crippen LogP contribution in [0.25, 0.3) is 0 Å². The second-order valence-corrected chi connectivity index (χ2v) is 13.1. The number of rotatable bonds is 6. The molecule has 5 atom stereocenters. The van der Waals surface area contributed by atoms with Gasteiger partial charge in [-0.25, -0.2) is 0 Å². The van der Waals surface area contributed by atoms with Crippen LogP contribution >= 0.6 is 0 Å². The molecule has 0 radical (unpaired) electrons. The predicted octanol–water partition coefficient (Wildman–Crippen LogP) is 4.38. The summed E-state index contributed by atoms with van der Waals surface area (Å²) in [6, 6.07) is 9.26. The number of carbonyl (C=O) groups is 2. The first kappa shape index (κ1) is 30.3. The molecule has 3 unspecified atom stereocenters. The average molecular weight is 649 g/mol. The molecule has 1 fully saturated rings. The lowest BCUT2D eigenvalue weighted by Crippen LogP contribution is -2.68. The SMILES string of the molecule is C=CCOc1c(C)c2c(c3c1C[C@H]1C4c5c(cc(C)c(OC)c5O)CC([C@H](C#N)N1C3CN1C(=O)c3ccccc3C1=O)N4C)OCO2. The summed E-state index contributed by atoms with van der Waals surface area (Å²) in [5, 5.41) is 22.7. The number of benzene rings is 3. The fourth-order valence-corrected chi connectivity index (χ4v) is 8.92. The lowest BCUT2D eigenvalue weighted by Gasteiger charge is -2.60. The Bertz CT molecular complexity index is 1930. The molecule has 0 aromatic heterocycles. The van der Waals surface area contributed by atoms with Gasteiger partial charge in [0.05, 0.1) is 36.4 Å². The van der Waals surface area contributed by atoms with E-state index in [0.717, 1.165) is 33.4 Å². The number of nitrogens with zero attached hydrogens (tertiary/aromatic N) is 4. The molecule has 48 heavy (non-hydrogen) atoms. The Morgan fingerprint density at radius 2 is 1.77 bits per heavy atom. The first-order chi connectivity index (χ1) is 23.2. The van der Waals surface area contributed by atoms with Crippen molar-refractivity contribution in [2.24, 2.45) is 0 Å². The van der Waals surface area contributed by atoms with Crippen LogP contribution in [0.3, 0.4) is 0 Å². The van der Waals surface area contributed by atoms with E-state index in [-0.39, 0.29) is 55.6 Å². The molecule has 246 valence electrons. The number of imide groups is 1. The first-order valence-electron chi connectivity index (χ1n) is 16.1. The van der Waals surface area contributed by atoms with Crippen molar-refractivity contribution in [2.45, 2.75) is 56.9 Å². The predicted molar refractivity (Wildman–Crippen MR) is 174 cm³/mol. The zero-order valence-corrected chi connectivity index (χ0v) is 27.3. The number of hydrogen-bond acceptors (Lipinski definition) is 10. The minimum absolute atomic E-state index is 0.00670. The van der Waals surface area contributed by atoms with Crippen LogP contribution in [0.2, 0.25) is 0 Å². The Morgan fingerprint density at radius 3 is 2.44 bits per heavy atom. The van der Waals surface area contributed by atoms with Crippen LogP contribution in [0.4, 0.5) is 0 Å². The van der Waals surface area contributed by atoms with Crippen LogP contribution in [0, 0.1) is 25.2 Å². The molecule has 2 bridgehead atoms. The van der Waals surface area contributed by atoms with E-state index in [2.05, 4.69) is 28.5 Å². The second kappa shape index (κ2) is 11.0. The zero-order chi connectivity index (χ0) is 33.6. The largest absolute Gasteiger partial charge is 0.504 e. The van der Waals surface area contributed by atoms with Crippen molar-refractivity contribution in [2.75, 3.05) is 34.1 Å². The molecule has 0 spiro atoms. The van der Waals surface area contributed by atoms with Crippen molar-refractivity contribution >= 4 is 11.8 Å². The summed E-state index contributed by atoms with van der Waals surface area (Å²) in [6.07, 6.45) is 2.64. The van der Waals surface area contributed by atoms with Gasteiger partial charge >= 0.3 is 0 Å². The normalized spacial score (nSPS) is 25.1. The van der Waals surface area contributed by atoms with Gasteiger partial charge < -0.3 is 24.1 Å². The van der Waals surface area contributed by atoms with Gasteiger partial charge in [0.2, 0.25) is 6.79 Å². The Morgan fingerprint density at radius 1 is 1.06 bits per heavy atom. The zero-order valence-electron chi connectivity index (χ0n) is 27.3. The Kier molecular flexibility index (Phi) is 6.95. The van der Waals surface area contributed by atoms with Gasteiger partial charge in [-0.1, -0.05) is 30.9 Å². The number of phenols is 1. The summed E-state index contributed by atoms with van der Waals surface area (Å²) >= 11 is 0. The van der Waals surface area contributed by atoms with Crippen molar-refractivity contribution in [1.29, 1.82) is 5.26 Å². The lowest BCUT2D eigenvalue weighted by atomic mass is 9.71. The summed E-state index contributed by atoms with van der Waals surface area (Å²) in [5.41, 5.74) is 5.65. The third-order valence-electron chi connectivity index (χ3n) is 10.8. The van der Waals surface area contributed by atoms with Crippen LogP contribution in [0.5, 0.6) is 28.7 Å². The highest BCUT2D eigenvalue weighted by atomic mass is 16.7. The van der Waals surface area contributed by atoms with Gasteiger partial charge in [-0.05, 0) is 57.0 Å². The van der Waals surface area contributed by atoms with Crippen molar-refractivity contribution in [3.05, 3.63) is 87.5 Å². The molecule has 3 aromatic rings. The number of ether oxygens (including phenoxy) is 4. The highest BCUT2D eigenvalue weighted by Gasteiger charge is 2.57. The molecule has 5 aliphatic heterocycles. The molecular formula is C37H36N4O7. The number of phenolic OH excluding ortho intramolecular Hbond substituents is 1. The van der Waals surface area contributed by atoms with Crippen LogP contribution in [0.1, 0.15) is 66.2 Å². The van der Waals surface area contributed by atoms with E-state index in [4.69, 9.17) is 18.9 Å². The maximum atomic E-state index is 13.8. The van der Waals surface area contributed by atoms with Crippen molar-refractivity contribution in [1.82, 2.24) is 14.7 Å². The standard InChI is InChI=1S/C37H36N4O7/c1-6-11-46-33-19(3)34-35(48-17-47-34)29-23(33)14-25-30-28-20(12-18(2)32(45-5)31(28)42)13-24(39(30)4)26(15-38)41(25)27(29)16-40-36(43)21-9-7-8-10-22(21)37(40)44/h6-10,12,24-27,30,42H,1,11,13-14,16-17H2,2-5H3/t24?,25-,26-,27?,30?/m0/s1. The number of fused-ring (bicyclic) bond motifs is 10. The molecule has 0 aliphatic carbocycles. The summed E-state index contributed by atoms with van der Waals surface area (Å²) in [6.45, 7) is 7.92. The smallest absolute Gasteiger partial charge is 0.261 e. The third kappa shape index (κ3) is 3.99. The van der Waals surface area contributed by atoms with Gasteiger partial charge in [-0.15, -0.1) is 0 Å². The molecule has 5 aliphatic rings. The Labute approximate surface area is 278 Å². The number of carbonyl (C=O) groups excluding carboxylic acids is 2. The van der Waals surface area contributed by atoms with Gasteiger partial charge in [0.15, 0.2) is 23.0 Å². The van der Waals surface area contributed by atoms with Crippen LogP contribution in [0.15, 0.2) is 43.0 Å². The maximum Gasteiger partial charge on any atom is 0.261 e. The Balaban J connectivity index is 1.37. The minimum Gasteiger partial charge on any atom is -0.504 e. The summed E-state index contributed by atoms with van der Waals surface area (Å²) in [4.78, 5) is 33.3. The van der Waals surface area contributed by atoms with Crippen molar-refractivity contribution in [3.63, 3.8) is 0 Å². The summed E-state index contributed by atoms with van der Waals surface area (Å²) in [5.74, 6) is 1.46. The van der Waals surface area contributed by atoms with Gasteiger partial charge in [0, 0.05) is 40.9 Å². The molecule has 2 amide bonds. The second-order valence-electron chi connectivity index (χ2n) is 13.1. The van der Waals surface area contributed by atoms with Gasteiger partial charge in [-0.2, -0.15) is 5.26 Å². The molecule has 0 saturated carbocycles. The van der Waals surface area contributed by atoms with E-state index >= 15 is 0 Å². The molecule has 8 rings (SSSR count).